The Kier molecular flexibility index (Phi) is 8.44. The monoisotopic (exact) mass is 397 g/mol. The highest BCUT2D eigenvalue weighted by Gasteiger charge is 2.11. The minimum absolute atomic E-state index is 0.0456. The summed E-state index contributed by atoms with van der Waals surface area (Å²) in [6.07, 6.45) is 0.684. The molecule has 0 aliphatic heterocycles. The summed E-state index contributed by atoms with van der Waals surface area (Å²) in [6, 6.07) is 15.8. The van der Waals surface area contributed by atoms with Gasteiger partial charge in [-0.05, 0) is 35.8 Å². The zero-order valence-electron chi connectivity index (χ0n) is 16.3. The molecule has 0 fully saturated rings. The van der Waals surface area contributed by atoms with Gasteiger partial charge in [-0.2, -0.15) is 0 Å². The van der Waals surface area contributed by atoms with Gasteiger partial charge in [0, 0.05) is 12.6 Å². The molecule has 0 aliphatic carbocycles. The van der Waals surface area contributed by atoms with Gasteiger partial charge < -0.3 is 19.5 Å². The van der Waals surface area contributed by atoms with Gasteiger partial charge in [0.25, 0.3) is 0 Å². The third-order valence-corrected chi connectivity index (χ3v) is 3.89. The Morgan fingerprint density at radius 1 is 0.931 bits per heavy atom. The molecule has 7 nitrogen and oxygen atoms in total. The number of alkyl carbamates (subject to hydrolysis) is 1. The normalized spacial score (nSPS) is 10.8. The van der Waals surface area contributed by atoms with Crippen molar-refractivity contribution in [3.05, 3.63) is 77.4 Å². The van der Waals surface area contributed by atoms with Crippen molar-refractivity contribution >= 4 is 23.6 Å². The average molecular weight is 397 g/mol. The van der Waals surface area contributed by atoms with Crippen LogP contribution < -0.4 is 5.32 Å². The lowest BCUT2D eigenvalue weighted by Crippen LogP contribution is -2.26. The largest absolute Gasteiger partial charge is 0.465 e. The van der Waals surface area contributed by atoms with Crippen LogP contribution in [0.3, 0.4) is 0 Å². The van der Waals surface area contributed by atoms with Gasteiger partial charge in [-0.1, -0.05) is 42.5 Å². The first-order valence-electron chi connectivity index (χ1n) is 9.04. The molecule has 0 atom stereocenters. The van der Waals surface area contributed by atoms with E-state index >= 15 is 0 Å². The van der Waals surface area contributed by atoms with Crippen LogP contribution in [0.4, 0.5) is 4.79 Å². The van der Waals surface area contributed by atoms with E-state index in [0.717, 1.165) is 5.56 Å². The zero-order valence-corrected chi connectivity index (χ0v) is 16.3. The molecule has 0 unspecified atom stereocenters. The van der Waals surface area contributed by atoms with Crippen molar-refractivity contribution < 1.29 is 28.6 Å². The SMILES string of the molecule is CCOC(=O)/C=C(/CNC(=O)OCc1ccccc1)c1ccc(C(=O)OC)cc1. The molecule has 0 spiro atoms. The molecular weight excluding hydrogens is 374 g/mol. The number of hydrogen-bond donors (Lipinski definition) is 1. The van der Waals surface area contributed by atoms with E-state index in [1.54, 1.807) is 31.2 Å². The molecule has 2 rings (SSSR count). The summed E-state index contributed by atoms with van der Waals surface area (Å²) in [5.41, 5.74) is 2.40. The number of benzene rings is 2. The van der Waals surface area contributed by atoms with Gasteiger partial charge in [0.2, 0.25) is 0 Å². The van der Waals surface area contributed by atoms with E-state index in [9.17, 15) is 14.4 Å². The molecule has 1 amide bonds. The Morgan fingerprint density at radius 2 is 1.59 bits per heavy atom. The molecule has 0 saturated heterocycles. The van der Waals surface area contributed by atoms with E-state index in [2.05, 4.69) is 10.1 Å². The fourth-order valence-electron chi connectivity index (χ4n) is 2.44. The summed E-state index contributed by atoms with van der Waals surface area (Å²) in [7, 11) is 1.30. The molecule has 152 valence electrons. The summed E-state index contributed by atoms with van der Waals surface area (Å²) >= 11 is 0. The first-order chi connectivity index (χ1) is 14.0. The van der Waals surface area contributed by atoms with Gasteiger partial charge in [-0.3, -0.25) is 0 Å². The molecule has 29 heavy (non-hydrogen) atoms. The van der Waals surface area contributed by atoms with Crippen molar-refractivity contribution in [1.29, 1.82) is 0 Å². The number of rotatable bonds is 8. The minimum Gasteiger partial charge on any atom is -0.465 e. The van der Waals surface area contributed by atoms with Crippen LogP contribution in [-0.2, 0) is 25.6 Å². The third kappa shape index (κ3) is 7.14. The number of nitrogens with one attached hydrogen (secondary N) is 1. The van der Waals surface area contributed by atoms with Crippen LogP contribution in [0, 0.1) is 0 Å². The van der Waals surface area contributed by atoms with Gasteiger partial charge in [-0.15, -0.1) is 0 Å². The predicted octanol–water partition coefficient (Wildman–Crippen LogP) is 3.35. The van der Waals surface area contributed by atoms with E-state index in [0.29, 0.717) is 16.7 Å². The molecule has 1 N–H and O–H groups in total. The van der Waals surface area contributed by atoms with Crippen molar-refractivity contribution in [3.63, 3.8) is 0 Å². The Hall–Kier alpha value is -3.61. The third-order valence-electron chi connectivity index (χ3n) is 3.89. The number of methoxy groups -OCH3 is 1. The minimum atomic E-state index is -0.616. The van der Waals surface area contributed by atoms with Crippen LogP contribution in [0.2, 0.25) is 0 Å². The van der Waals surface area contributed by atoms with Gasteiger partial charge >= 0.3 is 18.0 Å². The summed E-state index contributed by atoms with van der Waals surface area (Å²) in [6.45, 7) is 2.12. The number of carbonyl (C=O) groups is 3. The van der Waals surface area contributed by atoms with Gasteiger partial charge in [-0.25, -0.2) is 14.4 Å². The second-order valence-corrected chi connectivity index (χ2v) is 5.91. The lowest BCUT2D eigenvalue weighted by Gasteiger charge is -2.11. The average Bonchev–Trinajstić information content (AvgIpc) is 2.75. The number of ether oxygens (including phenoxy) is 3. The fourth-order valence-corrected chi connectivity index (χ4v) is 2.44. The van der Waals surface area contributed by atoms with E-state index in [4.69, 9.17) is 9.47 Å². The van der Waals surface area contributed by atoms with Crippen molar-refractivity contribution in [3.8, 4) is 0 Å². The second kappa shape index (κ2) is 11.3. The van der Waals surface area contributed by atoms with Crippen LogP contribution in [0.5, 0.6) is 0 Å². The molecule has 0 saturated carbocycles. The molecule has 0 aliphatic rings. The highest BCUT2D eigenvalue weighted by molar-refractivity contribution is 5.93. The van der Waals surface area contributed by atoms with Crippen LogP contribution >= 0.6 is 0 Å². The molecule has 0 heterocycles. The number of amides is 1. The Morgan fingerprint density at radius 3 is 2.21 bits per heavy atom. The maximum Gasteiger partial charge on any atom is 0.407 e. The lowest BCUT2D eigenvalue weighted by molar-refractivity contribution is -0.137. The molecule has 7 heteroatoms. The summed E-state index contributed by atoms with van der Waals surface area (Å²) < 4.78 is 14.8. The zero-order chi connectivity index (χ0) is 21.1. The molecule has 2 aromatic rings. The topological polar surface area (TPSA) is 90.9 Å². The molecular formula is C22H23NO6. The second-order valence-electron chi connectivity index (χ2n) is 5.91. The van der Waals surface area contributed by atoms with Crippen LogP contribution in [0.1, 0.15) is 28.4 Å². The van der Waals surface area contributed by atoms with Gasteiger partial charge in [0.15, 0.2) is 0 Å². The van der Waals surface area contributed by atoms with E-state index in [1.165, 1.54) is 13.2 Å². The summed E-state index contributed by atoms with van der Waals surface area (Å²) in [5.74, 6) is -0.992. The lowest BCUT2D eigenvalue weighted by atomic mass is 10.0. The van der Waals surface area contributed by atoms with Crippen molar-refractivity contribution in [2.24, 2.45) is 0 Å². The van der Waals surface area contributed by atoms with E-state index < -0.39 is 18.0 Å². The summed E-state index contributed by atoms with van der Waals surface area (Å²) in [5, 5.41) is 2.62. The molecule has 2 aromatic carbocycles. The first-order valence-corrected chi connectivity index (χ1v) is 9.04. The number of carbonyl (C=O) groups excluding carboxylic acids is 3. The Labute approximate surface area is 169 Å². The first kappa shape index (κ1) is 21.7. The molecule has 0 radical (unpaired) electrons. The number of hydrogen-bond acceptors (Lipinski definition) is 6. The van der Waals surface area contributed by atoms with Crippen LogP contribution in [0.25, 0.3) is 5.57 Å². The van der Waals surface area contributed by atoms with Crippen molar-refractivity contribution in [2.45, 2.75) is 13.5 Å². The van der Waals surface area contributed by atoms with Crippen molar-refractivity contribution in [1.82, 2.24) is 5.32 Å². The quantitative estimate of drug-likeness (QED) is 0.417. The Bertz CT molecular complexity index is 859. The van der Waals surface area contributed by atoms with Gasteiger partial charge in [0.05, 0.1) is 19.3 Å². The van der Waals surface area contributed by atoms with Crippen LogP contribution in [-0.4, -0.2) is 38.3 Å². The smallest absolute Gasteiger partial charge is 0.407 e. The standard InChI is InChI=1S/C22H23NO6/c1-3-28-20(24)13-19(17-9-11-18(12-10-17)21(25)27-2)14-23-22(26)29-15-16-7-5-4-6-8-16/h4-13H,3,14-15H2,1-2H3,(H,23,26)/b19-13-. The molecule has 0 aromatic heterocycles. The fraction of sp³-hybridized carbons (Fsp3) is 0.227. The highest BCUT2D eigenvalue weighted by Crippen LogP contribution is 2.16. The van der Waals surface area contributed by atoms with Crippen molar-refractivity contribution in [2.75, 3.05) is 20.3 Å². The number of esters is 2. The molecule has 0 bridgehead atoms. The highest BCUT2D eigenvalue weighted by atomic mass is 16.5. The maximum atomic E-state index is 12.0. The summed E-state index contributed by atoms with van der Waals surface area (Å²) in [4.78, 5) is 35.5. The van der Waals surface area contributed by atoms with E-state index in [1.807, 2.05) is 30.3 Å². The van der Waals surface area contributed by atoms with E-state index in [-0.39, 0.29) is 19.8 Å². The maximum absolute atomic E-state index is 12.0. The van der Waals surface area contributed by atoms with Crippen LogP contribution in [0.15, 0.2) is 60.7 Å². The predicted molar refractivity (Wildman–Crippen MR) is 107 cm³/mol. The van der Waals surface area contributed by atoms with Gasteiger partial charge in [0.1, 0.15) is 6.61 Å². The Balaban J connectivity index is 2.05.